The highest BCUT2D eigenvalue weighted by atomic mass is 19.4. The van der Waals surface area contributed by atoms with Crippen molar-refractivity contribution in [2.45, 2.75) is 13.1 Å². The van der Waals surface area contributed by atoms with Crippen molar-refractivity contribution in [1.29, 1.82) is 0 Å². The maximum absolute atomic E-state index is 12.9. The molecule has 0 bridgehead atoms. The van der Waals surface area contributed by atoms with Gasteiger partial charge in [0.05, 0.1) is 17.0 Å². The average Bonchev–Trinajstić information content (AvgIpc) is 2.74. The molecule has 0 fully saturated rings. The molecule has 0 aliphatic carbocycles. The normalized spacial score (nSPS) is 15.8. The quantitative estimate of drug-likeness (QED) is 0.599. The zero-order valence-corrected chi connectivity index (χ0v) is 16.8. The molecule has 1 atom stereocenters. The number of carbonyl (C=O) groups is 2. The second kappa shape index (κ2) is 8.26. The predicted octanol–water partition coefficient (Wildman–Crippen LogP) is 5.03. The number of alkyl halides is 3. The highest BCUT2D eigenvalue weighted by Crippen LogP contribution is 2.32. The number of pyridine rings is 1. The van der Waals surface area contributed by atoms with Gasteiger partial charge in [0.15, 0.2) is 0 Å². The Morgan fingerprint density at radius 3 is 2.59 bits per heavy atom. The van der Waals surface area contributed by atoms with Crippen LogP contribution in [-0.4, -0.2) is 23.0 Å². The predicted molar refractivity (Wildman–Crippen MR) is 116 cm³/mol. The number of aryl methyl sites for hydroxylation is 1. The van der Waals surface area contributed by atoms with Crippen LogP contribution < -0.4 is 10.6 Å². The molecule has 2 amide bonds. The van der Waals surface area contributed by atoms with Crippen molar-refractivity contribution in [2.75, 3.05) is 10.6 Å². The molecule has 1 aliphatic heterocycles. The average molecular weight is 438 g/mol. The molecule has 1 aliphatic rings. The summed E-state index contributed by atoms with van der Waals surface area (Å²) in [6.45, 7) is 1.84. The third kappa shape index (κ3) is 4.66. The van der Waals surface area contributed by atoms with Crippen LogP contribution in [0.25, 0.3) is 10.9 Å². The number of rotatable bonds is 4. The Balaban J connectivity index is 1.55. The van der Waals surface area contributed by atoms with E-state index < -0.39 is 23.6 Å². The Bertz CT molecular complexity index is 1270. The van der Waals surface area contributed by atoms with Gasteiger partial charge in [-0.05, 0) is 55.0 Å². The number of aliphatic imine (C=N–C) groups is 1. The van der Waals surface area contributed by atoms with Gasteiger partial charge in [-0.1, -0.05) is 12.1 Å². The standard InChI is InChI=1S/C23H17F3N4O2/c1-13-9-20(28-16-4-2-3-15(10-16)23(24,25)26)30-19-7-6-17(11-18(13)19)29-22(32)14-5-8-21(31)27-12-14/h2-12,14H,1H3,(H,28,30)(H,29,32). The number of hydrogen-bond acceptors (Lipinski definition) is 4. The van der Waals surface area contributed by atoms with E-state index in [0.29, 0.717) is 17.0 Å². The molecule has 162 valence electrons. The first-order valence-corrected chi connectivity index (χ1v) is 9.62. The van der Waals surface area contributed by atoms with Gasteiger partial charge in [-0.3, -0.25) is 9.59 Å². The Hall–Kier alpha value is -4.01. The second-order valence-corrected chi connectivity index (χ2v) is 7.25. The number of halogens is 3. The summed E-state index contributed by atoms with van der Waals surface area (Å²) in [4.78, 5) is 31.6. The van der Waals surface area contributed by atoms with Crippen molar-refractivity contribution < 1.29 is 22.8 Å². The minimum atomic E-state index is -4.43. The molecule has 0 radical (unpaired) electrons. The number of nitrogens with zero attached hydrogens (tertiary/aromatic N) is 2. The highest BCUT2D eigenvalue weighted by molar-refractivity contribution is 6.09. The van der Waals surface area contributed by atoms with Gasteiger partial charge in [0, 0.05) is 29.1 Å². The molecule has 3 aromatic rings. The topological polar surface area (TPSA) is 83.5 Å². The molecule has 1 unspecified atom stereocenters. The van der Waals surface area contributed by atoms with Crippen molar-refractivity contribution >= 4 is 46.1 Å². The molecular weight excluding hydrogens is 421 g/mol. The Morgan fingerprint density at radius 1 is 1.06 bits per heavy atom. The van der Waals surface area contributed by atoms with Crippen molar-refractivity contribution in [3.8, 4) is 0 Å². The molecule has 2 heterocycles. The summed E-state index contributed by atoms with van der Waals surface area (Å²) in [6.07, 6.45) is -0.417. The number of carbonyl (C=O) groups excluding carboxylic acids is 2. The number of nitrogens with one attached hydrogen (secondary N) is 2. The summed E-state index contributed by atoms with van der Waals surface area (Å²) in [7, 11) is 0. The van der Waals surface area contributed by atoms with Crippen molar-refractivity contribution in [1.82, 2.24) is 4.98 Å². The molecule has 0 saturated carbocycles. The number of aromatic nitrogens is 1. The zero-order valence-electron chi connectivity index (χ0n) is 16.8. The molecule has 9 heteroatoms. The van der Waals surface area contributed by atoms with Crippen LogP contribution in [0.15, 0.2) is 65.7 Å². The second-order valence-electron chi connectivity index (χ2n) is 7.25. The third-order valence-electron chi connectivity index (χ3n) is 4.86. The lowest BCUT2D eigenvalue weighted by molar-refractivity contribution is -0.137. The summed E-state index contributed by atoms with van der Waals surface area (Å²) >= 11 is 0. The smallest absolute Gasteiger partial charge is 0.340 e. The van der Waals surface area contributed by atoms with Gasteiger partial charge in [-0.2, -0.15) is 13.2 Å². The van der Waals surface area contributed by atoms with E-state index in [-0.39, 0.29) is 11.6 Å². The van der Waals surface area contributed by atoms with Gasteiger partial charge in [-0.15, -0.1) is 0 Å². The third-order valence-corrected chi connectivity index (χ3v) is 4.86. The molecule has 4 rings (SSSR count). The summed E-state index contributed by atoms with van der Waals surface area (Å²) in [5.74, 6) is -0.970. The minimum Gasteiger partial charge on any atom is -0.340 e. The maximum Gasteiger partial charge on any atom is 0.416 e. The van der Waals surface area contributed by atoms with Crippen molar-refractivity contribution in [3.05, 3.63) is 71.8 Å². The van der Waals surface area contributed by atoms with E-state index in [1.54, 1.807) is 24.3 Å². The molecule has 6 nitrogen and oxygen atoms in total. The van der Waals surface area contributed by atoms with E-state index in [9.17, 15) is 22.8 Å². The largest absolute Gasteiger partial charge is 0.416 e. The van der Waals surface area contributed by atoms with E-state index in [4.69, 9.17) is 0 Å². The van der Waals surface area contributed by atoms with Crippen molar-refractivity contribution in [2.24, 2.45) is 10.9 Å². The van der Waals surface area contributed by atoms with Gasteiger partial charge in [0.2, 0.25) is 5.91 Å². The van der Waals surface area contributed by atoms with E-state index in [1.165, 1.54) is 30.5 Å². The lowest BCUT2D eigenvalue weighted by Gasteiger charge is -2.13. The maximum atomic E-state index is 12.9. The summed E-state index contributed by atoms with van der Waals surface area (Å²) in [5.41, 5.74) is 1.51. The van der Waals surface area contributed by atoms with Gasteiger partial charge in [-0.25, -0.2) is 9.98 Å². The van der Waals surface area contributed by atoms with Crippen LogP contribution in [0.2, 0.25) is 0 Å². The summed E-state index contributed by atoms with van der Waals surface area (Å²) < 4.78 is 38.8. The van der Waals surface area contributed by atoms with Crippen LogP contribution in [0.5, 0.6) is 0 Å². The number of dihydropyridines is 1. The van der Waals surface area contributed by atoms with E-state index in [1.807, 2.05) is 6.92 Å². The van der Waals surface area contributed by atoms with Crippen LogP contribution in [-0.2, 0) is 15.8 Å². The highest BCUT2D eigenvalue weighted by Gasteiger charge is 2.30. The number of hydrogen-bond donors (Lipinski definition) is 2. The molecule has 2 N–H and O–H groups in total. The molecule has 32 heavy (non-hydrogen) atoms. The van der Waals surface area contributed by atoms with E-state index in [2.05, 4.69) is 20.6 Å². The van der Waals surface area contributed by atoms with Gasteiger partial charge in [0.1, 0.15) is 5.82 Å². The van der Waals surface area contributed by atoms with Gasteiger partial charge in [0.25, 0.3) is 5.91 Å². The minimum absolute atomic E-state index is 0.274. The molecule has 2 aromatic carbocycles. The first-order chi connectivity index (χ1) is 15.2. The van der Waals surface area contributed by atoms with Crippen LogP contribution >= 0.6 is 0 Å². The molecule has 0 spiro atoms. The Labute approximate surface area is 180 Å². The Morgan fingerprint density at radius 2 is 1.88 bits per heavy atom. The fraction of sp³-hybridized carbons (Fsp3) is 0.130. The van der Waals surface area contributed by atoms with Crippen LogP contribution in [0.3, 0.4) is 0 Å². The van der Waals surface area contributed by atoms with E-state index >= 15 is 0 Å². The number of fused-ring (bicyclic) bond motifs is 1. The zero-order chi connectivity index (χ0) is 22.9. The van der Waals surface area contributed by atoms with Crippen LogP contribution in [0.4, 0.5) is 30.4 Å². The molecule has 1 aromatic heterocycles. The number of amides is 2. The molecular formula is C23H17F3N4O2. The monoisotopic (exact) mass is 438 g/mol. The molecule has 0 saturated heterocycles. The summed E-state index contributed by atoms with van der Waals surface area (Å²) in [6, 6.07) is 11.8. The van der Waals surface area contributed by atoms with Crippen molar-refractivity contribution in [3.63, 3.8) is 0 Å². The van der Waals surface area contributed by atoms with E-state index in [0.717, 1.165) is 23.1 Å². The number of anilines is 3. The summed E-state index contributed by atoms with van der Waals surface area (Å²) in [5, 5.41) is 6.47. The fourth-order valence-electron chi connectivity index (χ4n) is 3.27. The number of benzene rings is 2. The van der Waals surface area contributed by atoms with Gasteiger partial charge >= 0.3 is 6.18 Å². The fourth-order valence-corrected chi connectivity index (χ4v) is 3.27. The van der Waals surface area contributed by atoms with Crippen LogP contribution in [0.1, 0.15) is 11.1 Å². The Kier molecular flexibility index (Phi) is 5.48. The lowest BCUT2D eigenvalue weighted by Crippen LogP contribution is -2.24. The van der Waals surface area contributed by atoms with Crippen LogP contribution in [0, 0.1) is 12.8 Å². The lowest BCUT2D eigenvalue weighted by atomic mass is 10.1. The van der Waals surface area contributed by atoms with Gasteiger partial charge < -0.3 is 10.6 Å². The SMILES string of the molecule is Cc1cc(Nc2cccc(C(F)(F)F)c2)nc2ccc(NC(=O)C3C=CC(=O)N=C3)cc12. The first-order valence-electron chi connectivity index (χ1n) is 9.62. The first kappa shape index (κ1) is 21.2.